The number of carbonyl (C=O) groups is 2. The van der Waals surface area contributed by atoms with Gasteiger partial charge >= 0.3 is 5.97 Å². The minimum Gasteiger partial charge on any atom is -0.468 e. The third-order valence-electron chi connectivity index (χ3n) is 1.24. The van der Waals surface area contributed by atoms with Crippen LogP contribution in [0.2, 0.25) is 5.15 Å². The third-order valence-corrected chi connectivity index (χ3v) is 3.74. The van der Waals surface area contributed by atoms with E-state index in [1.807, 2.05) is 0 Å². The van der Waals surface area contributed by atoms with Crippen molar-refractivity contribution in [3.05, 3.63) is 10.0 Å². The van der Waals surface area contributed by atoms with Crippen LogP contribution in [0.15, 0.2) is 4.34 Å². The summed E-state index contributed by atoms with van der Waals surface area (Å²) in [5.41, 5.74) is 0. The number of hydrogen-bond acceptors (Lipinski definition) is 6. The van der Waals surface area contributed by atoms with Crippen molar-refractivity contribution in [2.45, 2.75) is 4.34 Å². The van der Waals surface area contributed by atoms with Crippen molar-refractivity contribution >= 4 is 47.0 Å². The molecule has 0 N–H and O–H groups in total. The highest BCUT2D eigenvalue weighted by Gasteiger charge is 2.10. The van der Waals surface area contributed by atoms with Crippen molar-refractivity contribution in [3.8, 4) is 0 Å². The van der Waals surface area contributed by atoms with Crippen molar-refractivity contribution in [2.75, 3.05) is 12.9 Å². The van der Waals surface area contributed by atoms with Crippen LogP contribution in [0.25, 0.3) is 0 Å². The fourth-order valence-electron chi connectivity index (χ4n) is 0.608. The first kappa shape index (κ1) is 11.5. The molecule has 0 saturated heterocycles. The fourth-order valence-corrected chi connectivity index (χ4v) is 2.65. The van der Waals surface area contributed by atoms with Gasteiger partial charge in [0.05, 0.1) is 12.9 Å². The lowest BCUT2D eigenvalue weighted by Gasteiger charge is -1.94. The molecule has 0 radical (unpaired) electrons. The Morgan fingerprint density at radius 3 is 3.00 bits per heavy atom. The summed E-state index contributed by atoms with van der Waals surface area (Å²) in [7, 11) is 1.31. The van der Waals surface area contributed by atoms with Crippen molar-refractivity contribution in [3.63, 3.8) is 0 Å². The van der Waals surface area contributed by atoms with Crippen molar-refractivity contribution in [1.82, 2.24) is 4.98 Å². The fraction of sp³-hybridized carbons (Fsp3) is 0.286. The molecule has 0 aromatic carbocycles. The summed E-state index contributed by atoms with van der Waals surface area (Å²) < 4.78 is 5.04. The molecule has 76 valence electrons. The first-order valence-electron chi connectivity index (χ1n) is 3.48. The zero-order valence-corrected chi connectivity index (χ0v) is 9.54. The van der Waals surface area contributed by atoms with Crippen LogP contribution in [0.3, 0.4) is 0 Å². The van der Waals surface area contributed by atoms with Gasteiger partial charge in [-0.3, -0.25) is 9.59 Å². The van der Waals surface area contributed by atoms with Gasteiger partial charge in [0, 0.05) is 0 Å². The van der Waals surface area contributed by atoms with Gasteiger partial charge in [0.15, 0.2) is 15.8 Å². The lowest BCUT2D eigenvalue weighted by atomic mass is 10.6. The SMILES string of the molecule is COC(=O)CSc1nc(Cl)c(C=O)s1. The lowest BCUT2D eigenvalue weighted by molar-refractivity contribution is -0.137. The topological polar surface area (TPSA) is 56.3 Å². The van der Waals surface area contributed by atoms with E-state index in [1.54, 1.807) is 0 Å². The summed E-state index contributed by atoms with van der Waals surface area (Å²) >= 11 is 7.98. The van der Waals surface area contributed by atoms with Gasteiger partial charge in [-0.15, -0.1) is 11.3 Å². The minimum atomic E-state index is -0.339. The molecule has 0 bridgehead atoms. The number of esters is 1. The van der Waals surface area contributed by atoms with Crippen molar-refractivity contribution < 1.29 is 14.3 Å². The Bertz CT molecular complexity index is 353. The summed E-state index contributed by atoms with van der Waals surface area (Å²) in [6.07, 6.45) is 0.641. The summed E-state index contributed by atoms with van der Waals surface area (Å²) in [6, 6.07) is 0. The Hall–Kier alpha value is -0.590. The molecule has 0 saturated carbocycles. The van der Waals surface area contributed by atoms with Crippen LogP contribution in [0.4, 0.5) is 0 Å². The van der Waals surface area contributed by atoms with Gasteiger partial charge in [-0.05, 0) is 0 Å². The molecule has 1 aromatic rings. The first-order chi connectivity index (χ1) is 6.67. The average Bonchev–Trinajstić information content (AvgIpc) is 2.55. The quantitative estimate of drug-likeness (QED) is 0.465. The van der Waals surface area contributed by atoms with E-state index in [1.165, 1.54) is 18.9 Å². The van der Waals surface area contributed by atoms with Gasteiger partial charge in [0.1, 0.15) is 4.88 Å². The molecule has 4 nitrogen and oxygen atoms in total. The van der Waals surface area contributed by atoms with Gasteiger partial charge in [-0.2, -0.15) is 0 Å². The normalized spacial score (nSPS) is 9.86. The zero-order valence-electron chi connectivity index (χ0n) is 7.15. The van der Waals surface area contributed by atoms with Gasteiger partial charge in [0.25, 0.3) is 0 Å². The van der Waals surface area contributed by atoms with Crippen LogP contribution in [0.5, 0.6) is 0 Å². The molecule has 0 aliphatic rings. The van der Waals surface area contributed by atoms with E-state index >= 15 is 0 Å². The molecular weight excluding hydrogens is 246 g/mol. The van der Waals surface area contributed by atoms with Crippen LogP contribution in [0, 0.1) is 0 Å². The molecule has 0 aliphatic heterocycles. The summed E-state index contributed by atoms with van der Waals surface area (Å²) in [4.78, 5) is 25.5. The third kappa shape index (κ3) is 2.97. The van der Waals surface area contributed by atoms with E-state index in [0.29, 0.717) is 15.5 Å². The maximum atomic E-state index is 10.8. The van der Waals surface area contributed by atoms with Crippen LogP contribution in [0.1, 0.15) is 9.67 Å². The zero-order chi connectivity index (χ0) is 10.6. The Balaban J connectivity index is 2.59. The molecule has 1 aromatic heterocycles. The summed E-state index contributed by atoms with van der Waals surface area (Å²) in [6.45, 7) is 0. The Labute approximate surface area is 93.6 Å². The predicted molar refractivity (Wildman–Crippen MR) is 55.3 cm³/mol. The Kier molecular flexibility index (Phi) is 4.37. The molecule has 0 atom stereocenters. The standard InChI is InChI=1S/C7H6ClNO3S2/c1-12-5(11)3-13-7-9-6(8)4(2-10)14-7/h2H,3H2,1H3. The van der Waals surface area contributed by atoms with Crippen molar-refractivity contribution in [1.29, 1.82) is 0 Å². The number of aromatic nitrogens is 1. The Morgan fingerprint density at radius 1 is 1.79 bits per heavy atom. The number of ether oxygens (including phenoxy) is 1. The van der Waals surface area contributed by atoms with Gasteiger partial charge in [0.2, 0.25) is 0 Å². The largest absolute Gasteiger partial charge is 0.468 e. The maximum absolute atomic E-state index is 10.8. The summed E-state index contributed by atoms with van der Waals surface area (Å²) in [5, 5.41) is 0.178. The van der Waals surface area contributed by atoms with E-state index in [9.17, 15) is 9.59 Å². The van der Waals surface area contributed by atoms with Crippen LogP contribution in [-0.2, 0) is 9.53 Å². The molecule has 14 heavy (non-hydrogen) atoms. The smallest absolute Gasteiger partial charge is 0.316 e. The molecule has 0 fully saturated rings. The van der Waals surface area contributed by atoms with Gasteiger partial charge < -0.3 is 4.74 Å². The molecule has 1 heterocycles. The summed E-state index contributed by atoms with van der Waals surface area (Å²) in [5.74, 6) is -0.174. The predicted octanol–water partition coefficient (Wildman–Crippen LogP) is 1.87. The molecule has 7 heteroatoms. The van der Waals surface area contributed by atoms with Crippen LogP contribution < -0.4 is 0 Å². The van der Waals surface area contributed by atoms with E-state index < -0.39 is 0 Å². The van der Waals surface area contributed by atoms with E-state index in [4.69, 9.17) is 11.6 Å². The monoisotopic (exact) mass is 251 g/mol. The number of rotatable bonds is 4. The number of carbonyl (C=O) groups excluding carboxylic acids is 2. The molecule has 0 unspecified atom stereocenters. The highest BCUT2D eigenvalue weighted by Crippen LogP contribution is 2.28. The first-order valence-corrected chi connectivity index (χ1v) is 5.66. The van der Waals surface area contributed by atoms with Crippen LogP contribution in [-0.4, -0.2) is 30.1 Å². The second kappa shape index (κ2) is 5.33. The van der Waals surface area contributed by atoms with Gasteiger partial charge in [-0.25, -0.2) is 4.98 Å². The number of thioether (sulfide) groups is 1. The molecule has 1 rings (SSSR count). The average molecular weight is 252 g/mol. The number of methoxy groups -OCH3 is 1. The minimum absolute atomic E-state index is 0.165. The van der Waals surface area contributed by atoms with E-state index in [2.05, 4.69) is 9.72 Å². The number of nitrogens with zero attached hydrogens (tertiary/aromatic N) is 1. The van der Waals surface area contributed by atoms with E-state index in [-0.39, 0.29) is 16.9 Å². The van der Waals surface area contributed by atoms with Gasteiger partial charge in [-0.1, -0.05) is 23.4 Å². The highest BCUT2D eigenvalue weighted by molar-refractivity contribution is 8.01. The number of halogens is 1. The molecule has 0 spiro atoms. The second-order valence-electron chi connectivity index (χ2n) is 2.12. The number of aldehydes is 1. The number of hydrogen-bond donors (Lipinski definition) is 0. The highest BCUT2D eigenvalue weighted by atomic mass is 35.5. The van der Waals surface area contributed by atoms with Crippen LogP contribution >= 0.6 is 34.7 Å². The lowest BCUT2D eigenvalue weighted by Crippen LogP contribution is -2.02. The molecular formula is C7H6ClNO3S2. The Morgan fingerprint density at radius 2 is 2.50 bits per heavy atom. The second-order valence-corrected chi connectivity index (χ2v) is 4.73. The van der Waals surface area contributed by atoms with Crippen molar-refractivity contribution in [2.24, 2.45) is 0 Å². The number of thiazole rings is 1. The maximum Gasteiger partial charge on any atom is 0.316 e. The molecule has 0 amide bonds. The molecule has 0 aliphatic carbocycles. The van der Waals surface area contributed by atoms with E-state index in [0.717, 1.165) is 11.3 Å².